The van der Waals surface area contributed by atoms with Crippen molar-refractivity contribution in [3.63, 3.8) is 0 Å². The number of halogens is 1. The fraction of sp³-hybridized carbons (Fsp3) is 0.643. The van der Waals surface area contributed by atoms with Gasteiger partial charge in [0.05, 0.1) is 43.2 Å². The van der Waals surface area contributed by atoms with E-state index in [0.29, 0.717) is 50.2 Å². The number of amides is 1. The normalized spacial score (nSPS) is 16.7. The number of nitrogens with zero attached hydrogens (tertiary/aromatic N) is 4. The molecule has 1 aliphatic rings. The summed E-state index contributed by atoms with van der Waals surface area (Å²) in [6.07, 6.45) is 3.25. The van der Waals surface area contributed by atoms with E-state index < -0.39 is 0 Å². The Morgan fingerprint density at radius 2 is 2.00 bits per heavy atom. The first-order chi connectivity index (χ1) is 10.6. The molecule has 1 fully saturated rings. The van der Waals surface area contributed by atoms with E-state index in [4.69, 9.17) is 21.4 Å². The van der Waals surface area contributed by atoms with Crippen molar-refractivity contribution in [2.45, 2.75) is 19.4 Å². The molecule has 0 aromatic carbocycles. The molecule has 1 aliphatic heterocycles. The van der Waals surface area contributed by atoms with Crippen molar-refractivity contribution in [1.82, 2.24) is 14.9 Å². The van der Waals surface area contributed by atoms with E-state index in [1.54, 1.807) is 19.3 Å². The third kappa shape index (κ3) is 4.79. The Morgan fingerprint density at radius 3 is 2.59 bits per heavy atom. The lowest BCUT2D eigenvalue weighted by Gasteiger charge is -2.34. The molecule has 0 radical (unpaired) electrons. The van der Waals surface area contributed by atoms with Crippen LogP contribution in [0.15, 0.2) is 12.4 Å². The molecule has 0 aliphatic carbocycles. The average Bonchev–Trinajstić information content (AvgIpc) is 2.55. The van der Waals surface area contributed by atoms with Crippen LogP contribution in [0, 0.1) is 0 Å². The molecule has 1 aromatic heterocycles. The van der Waals surface area contributed by atoms with E-state index in [1.807, 2.05) is 9.80 Å². The van der Waals surface area contributed by atoms with Gasteiger partial charge in [-0.3, -0.25) is 4.79 Å². The molecule has 2 rings (SSSR count). The number of anilines is 1. The van der Waals surface area contributed by atoms with Gasteiger partial charge in [-0.05, 0) is 6.92 Å². The van der Waals surface area contributed by atoms with Gasteiger partial charge in [-0.1, -0.05) is 11.6 Å². The number of carbonyl (C=O) groups is 1. The molecule has 0 unspecified atom stereocenters. The second-order valence-electron chi connectivity index (χ2n) is 5.18. The Hall–Kier alpha value is -1.44. The van der Waals surface area contributed by atoms with Gasteiger partial charge in [0.2, 0.25) is 11.9 Å². The molecule has 0 bridgehead atoms. The summed E-state index contributed by atoms with van der Waals surface area (Å²) in [5.74, 6) is 0.707. The van der Waals surface area contributed by atoms with Crippen molar-refractivity contribution in [2.75, 3.05) is 44.3 Å². The standard InChI is InChI=1S/C14H21ClN4O3/c1-11(10-20)22-7-2-13(21)18-3-5-19(6-4-18)14-16-8-12(15)9-17-14/h8-9,11,20H,2-7,10H2,1H3/t11-/m0/s1. The molecule has 0 saturated carbocycles. The van der Waals surface area contributed by atoms with Crippen LogP contribution in [0.5, 0.6) is 0 Å². The zero-order valence-electron chi connectivity index (χ0n) is 12.6. The molecule has 7 nitrogen and oxygen atoms in total. The van der Waals surface area contributed by atoms with Crippen LogP contribution < -0.4 is 4.90 Å². The lowest BCUT2D eigenvalue weighted by atomic mass is 10.3. The zero-order chi connectivity index (χ0) is 15.9. The van der Waals surface area contributed by atoms with Crippen molar-refractivity contribution >= 4 is 23.5 Å². The molecular weight excluding hydrogens is 308 g/mol. The highest BCUT2D eigenvalue weighted by Crippen LogP contribution is 2.13. The number of carbonyl (C=O) groups excluding carboxylic acids is 1. The summed E-state index contributed by atoms with van der Waals surface area (Å²) < 4.78 is 5.31. The van der Waals surface area contributed by atoms with E-state index in [0.717, 1.165) is 0 Å². The SMILES string of the molecule is C[C@@H](CO)OCCC(=O)N1CCN(c2ncc(Cl)cn2)CC1. The van der Waals surface area contributed by atoms with Crippen LogP contribution in [0.25, 0.3) is 0 Å². The zero-order valence-corrected chi connectivity index (χ0v) is 13.4. The molecule has 1 N–H and O–H groups in total. The van der Waals surface area contributed by atoms with Gasteiger partial charge < -0.3 is 19.6 Å². The third-order valence-electron chi connectivity index (χ3n) is 3.50. The fourth-order valence-electron chi connectivity index (χ4n) is 2.18. The maximum Gasteiger partial charge on any atom is 0.225 e. The van der Waals surface area contributed by atoms with Gasteiger partial charge in [-0.25, -0.2) is 9.97 Å². The maximum atomic E-state index is 12.1. The second-order valence-corrected chi connectivity index (χ2v) is 5.62. The van der Waals surface area contributed by atoms with Crippen LogP contribution in [0.1, 0.15) is 13.3 Å². The molecule has 1 saturated heterocycles. The monoisotopic (exact) mass is 328 g/mol. The number of aromatic nitrogens is 2. The minimum absolute atomic E-state index is 0.0338. The first kappa shape index (κ1) is 16.9. The topological polar surface area (TPSA) is 78.8 Å². The highest BCUT2D eigenvalue weighted by Gasteiger charge is 2.22. The predicted octanol–water partition coefficient (Wildman–Crippen LogP) is 0.566. The summed E-state index contributed by atoms with van der Waals surface area (Å²) in [6, 6.07) is 0. The van der Waals surface area contributed by atoms with Gasteiger partial charge in [-0.15, -0.1) is 0 Å². The number of aliphatic hydroxyl groups excluding tert-OH is 1. The molecular formula is C14H21ClN4O3. The van der Waals surface area contributed by atoms with Gasteiger partial charge in [0, 0.05) is 26.2 Å². The van der Waals surface area contributed by atoms with E-state index in [2.05, 4.69) is 9.97 Å². The molecule has 0 spiro atoms. The molecule has 8 heteroatoms. The number of hydrogen-bond donors (Lipinski definition) is 1. The van der Waals surface area contributed by atoms with Crippen molar-refractivity contribution in [3.05, 3.63) is 17.4 Å². The van der Waals surface area contributed by atoms with Gasteiger partial charge in [0.1, 0.15) is 0 Å². The lowest BCUT2D eigenvalue weighted by molar-refractivity contribution is -0.133. The molecule has 1 atom stereocenters. The van der Waals surface area contributed by atoms with Crippen molar-refractivity contribution in [2.24, 2.45) is 0 Å². The largest absolute Gasteiger partial charge is 0.394 e. The Balaban J connectivity index is 1.74. The van der Waals surface area contributed by atoms with Crippen molar-refractivity contribution in [3.8, 4) is 0 Å². The van der Waals surface area contributed by atoms with Crippen LogP contribution >= 0.6 is 11.6 Å². The Morgan fingerprint density at radius 1 is 1.36 bits per heavy atom. The van der Waals surface area contributed by atoms with E-state index >= 15 is 0 Å². The summed E-state index contributed by atoms with van der Waals surface area (Å²) in [5.41, 5.74) is 0. The van der Waals surface area contributed by atoms with Crippen molar-refractivity contribution in [1.29, 1.82) is 0 Å². The minimum atomic E-state index is -0.230. The first-order valence-electron chi connectivity index (χ1n) is 7.33. The highest BCUT2D eigenvalue weighted by atomic mass is 35.5. The van der Waals surface area contributed by atoms with Gasteiger partial charge >= 0.3 is 0 Å². The molecule has 2 heterocycles. The molecule has 1 aromatic rings. The number of hydrogen-bond acceptors (Lipinski definition) is 6. The molecule has 22 heavy (non-hydrogen) atoms. The van der Waals surface area contributed by atoms with Gasteiger partial charge in [-0.2, -0.15) is 0 Å². The summed E-state index contributed by atoms with van der Waals surface area (Å²) in [7, 11) is 0. The van der Waals surface area contributed by atoms with Crippen LogP contribution in [-0.2, 0) is 9.53 Å². The van der Waals surface area contributed by atoms with Crippen LogP contribution in [0.4, 0.5) is 5.95 Å². The Kier molecular flexibility index (Phi) is 6.35. The van der Waals surface area contributed by atoms with Gasteiger partial charge in [0.15, 0.2) is 0 Å². The van der Waals surface area contributed by atoms with Crippen LogP contribution in [-0.4, -0.2) is 71.4 Å². The summed E-state index contributed by atoms with van der Waals surface area (Å²) in [5, 5.41) is 9.37. The number of rotatable bonds is 6. The summed E-state index contributed by atoms with van der Waals surface area (Å²) in [6.45, 7) is 4.74. The summed E-state index contributed by atoms with van der Waals surface area (Å²) in [4.78, 5) is 24.3. The van der Waals surface area contributed by atoms with Crippen molar-refractivity contribution < 1.29 is 14.6 Å². The smallest absolute Gasteiger partial charge is 0.225 e. The van der Waals surface area contributed by atoms with E-state index in [-0.39, 0.29) is 18.6 Å². The third-order valence-corrected chi connectivity index (χ3v) is 3.69. The Bertz CT molecular complexity index is 477. The number of piperazine rings is 1. The molecule has 1 amide bonds. The first-order valence-corrected chi connectivity index (χ1v) is 7.70. The maximum absolute atomic E-state index is 12.1. The number of aliphatic hydroxyl groups is 1. The molecule has 122 valence electrons. The lowest BCUT2D eigenvalue weighted by Crippen LogP contribution is -2.49. The van der Waals surface area contributed by atoms with Crippen LogP contribution in [0.3, 0.4) is 0 Å². The minimum Gasteiger partial charge on any atom is -0.394 e. The fourth-order valence-corrected chi connectivity index (χ4v) is 2.28. The summed E-state index contributed by atoms with van der Waals surface area (Å²) >= 11 is 5.77. The second kappa shape index (κ2) is 8.26. The predicted molar refractivity (Wildman–Crippen MR) is 83.0 cm³/mol. The van der Waals surface area contributed by atoms with Gasteiger partial charge in [0.25, 0.3) is 0 Å². The van der Waals surface area contributed by atoms with Crippen LogP contribution in [0.2, 0.25) is 5.02 Å². The highest BCUT2D eigenvalue weighted by molar-refractivity contribution is 6.30. The quantitative estimate of drug-likeness (QED) is 0.822. The van der Waals surface area contributed by atoms with E-state index in [9.17, 15) is 4.79 Å². The number of ether oxygens (including phenoxy) is 1. The Labute approximate surface area is 134 Å². The van der Waals surface area contributed by atoms with E-state index in [1.165, 1.54) is 0 Å². The average molecular weight is 329 g/mol.